The molecule has 1 unspecified atom stereocenters. The van der Waals surface area contributed by atoms with Gasteiger partial charge in [0.05, 0.1) is 19.4 Å². The Hall–Kier alpha value is -0.960. The lowest BCUT2D eigenvalue weighted by Crippen LogP contribution is -2.48. The molecule has 1 atom stereocenters. The quantitative estimate of drug-likeness (QED) is 0.656. The topological polar surface area (TPSA) is 96.1 Å². The van der Waals surface area contributed by atoms with Crippen molar-refractivity contribution in [1.29, 1.82) is 0 Å². The van der Waals surface area contributed by atoms with Crippen LogP contribution in [0.5, 0.6) is 0 Å². The summed E-state index contributed by atoms with van der Waals surface area (Å²) in [6.45, 7) is 4.15. The Kier molecular flexibility index (Phi) is 4.33. The van der Waals surface area contributed by atoms with Gasteiger partial charge in [0.2, 0.25) is 0 Å². The highest BCUT2D eigenvalue weighted by atomic mass is 32.2. The number of rotatable bonds is 5. The van der Waals surface area contributed by atoms with Crippen LogP contribution in [-0.2, 0) is 21.2 Å². The lowest BCUT2D eigenvalue weighted by atomic mass is 10.3. The summed E-state index contributed by atoms with van der Waals surface area (Å²) < 4.78 is 31.7. The van der Waals surface area contributed by atoms with Crippen LogP contribution in [-0.4, -0.2) is 50.7 Å². The second kappa shape index (κ2) is 5.79. The van der Waals surface area contributed by atoms with E-state index < -0.39 is 10.0 Å². The van der Waals surface area contributed by atoms with Gasteiger partial charge in [0, 0.05) is 25.6 Å². The zero-order valence-electron chi connectivity index (χ0n) is 10.3. The van der Waals surface area contributed by atoms with Gasteiger partial charge < -0.3 is 15.0 Å². The van der Waals surface area contributed by atoms with Gasteiger partial charge in [-0.1, -0.05) is 6.92 Å². The molecule has 1 aliphatic heterocycles. The maximum atomic E-state index is 12.0. The Balaban J connectivity index is 1.94. The number of ether oxygens (including phenoxy) is 1. The Morgan fingerprint density at radius 2 is 2.44 bits per heavy atom. The highest BCUT2D eigenvalue weighted by Gasteiger charge is 2.20. The molecular formula is C10H18N4O3S. The first-order chi connectivity index (χ1) is 8.62. The molecule has 0 saturated carbocycles. The lowest BCUT2D eigenvalue weighted by molar-refractivity contribution is 0.0784. The lowest BCUT2D eigenvalue weighted by Gasteiger charge is -2.23. The number of H-pyrrole nitrogens is 1. The molecule has 3 N–H and O–H groups in total. The highest BCUT2D eigenvalue weighted by molar-refractivity contribution is 7.89. The van der Waals surface area contributed by atoms with Crippen molar-refractivity contribution in [2.75, 3.05) is 26.3 Å². The molecule has 7 nitrogen and oxygen atoms in total. The van der Waals surface area contributed by atoms with Gasteiger partial charge in [-0.05, 0) is 0 Å². The Labute approximate surface area is 106 Å². The van der Waals surface area contributed by atoms with Crippen LogP contribution in [0.25, 0.3) is 0 Å². The van der Waals surface area contributed by atoms with E-state index in [4.69, 9.17) is 4.74 Å². The molecule has 102 valence electrons. The first kappa shape index (κ1) is 13.5. The van der Waals surface area contributed by atoms with Crippen LogP contribution in [0.3, 0.4) is 0 Å². The van der Waals surface area contributed by atoms with E-state index in [0.29, 0.717) is 32.0 Å². The Morgan fingerprint density at radius 3 is 3.06 bits per heavy atom. The molecule has 1 fully saturated rings. The van der Waals surface area contributed by atoms with E-state index in [-0.39, 0.29) is 11.1 Å². The van der Waals surface area contributed by atoms with Gasteiger partial charge in [-0.2, -0.15) is 0 Å². The van der Waals surface area contributed by atoms with Crippen molar-refractivity contribution in [3.05, 3.63) is 12.0 Å². The zero-order valence-corrected chi connectivity index (χ0v) is 11.1. The number of imidazole rings is 1. The predicted molar refractivity (Wildman–Crippen MR) is 65.8 cm³/mol. The van der Waals surface area contributed by atoms with Gasteiger partial charge >= 0.3 is 0 Å². The van der Waals surface area contributed by atoms with Crippen molar-refractivity contribution in [2.45, 2.75) is 24.4 Å². The van der Waals surface area contributed by atoms with E-state index in [1.165, 1.54) is 6.20 Å². The number of hydrogen-bond donors (Lipinski definition) is 3. The number of aryl methyl sites for hydroxylation is 1. The van der Waals surface area contributed by atoms with Crippen LogP contribution < -0.4 is 10.0 Å². The van der Waals surface area contributed by atoms with Crippen LogP contribution in [0.2, 0.25) is 0 Å². The standard InChI is InChI=1S/C10H18N4O3S/c1-2-9-12-6-10(14-9)18(15,16)13-5-8-7-17-4-3-11-8/h6,8,11,13H,2-5,7H2,1H3,(H,12,14). The molecule has 0 radical (unpaired) electrons. The van der Waals surface area contributed by atoms with Crippen molar-refractivity contribution < 1.29 is 13.2 Å². The minimum atomic E-state index is -3.51. The molecule has 1 aromatic heterocycles. The number of hydrogen-bond acceptors (Lipinski definition) is 5. The first-order valence-corrected chi connectivity index (χ1v) is 7.45. The van der Waals surface area contributed by atoms with Crippen LogP contribution in [0.1, 0.15) is 12.7 Å². The van der Waals surface area contributed by atoms with Gasteiger partial charge in [0.1, 0.15) is 5.82 Å². The number of nitrogens with zero attached hydrogens (tertiary/aromatic N) is 1. The van der Waals surface area contributed by atoms with Crippen molar-refractivity contribution in [1.82, 2.24) is 20.0 Å². The normalized spacial score (nSPS) is 21.1. The third kappa shape index (κ3) is 3.29. The average molecular weight is 274 g/mol. The maximum Gasteiger partial charge on any atom is 0.257 e. The largest absolute Gasteiger partial charge is 0.378 e. The fourth-order valence-electron chi connectivity index (χ4n) is 1.70. The van der Waals surface area contributed by atoms with Crippen molar-refractivity contribution in [3.63, 3.8) is 0 Å². The average Bonchev–Trinajstić information content (AvgIpc) is 2.87. The number of sulfonamides is 1. The maximum absolute atomic E-state index is 12.0. The molecule has 2 rings (SSSR count). The monoisotopic (exact) mass is 274 g/mol. The van der Waals surface area contributed by atoms with Gasteiger partial charge in [-0.3, -0.25) is 0 Å². The van der Waals surface area contributed by atoms with E-state index in [1.54, 1.807) is 0 Å². The van der Waals surface area contributed by atoms with Crippen LogP contribution in [0.4, 0.5) is 0 Å². The third-order valence-corrected chi connectivity index (χ3v) is 4.08. The smallest absolute Gasteiger partial charge is 0.257 e. The summed E-state index contributed by atoms with van der Waals surface area (Å²) in [5, 5.41) is 3.29. The second-order valence-corrected chi connectivity index (χ2v) is 5.86. The van der Waals surface area contributed by atoms with Crippen LogP contribution in [0.15, 0.2) is 11.2 Å². The van der Waals surface area contributed by atoms with E-state index in [0.717, 1.165) is 6.54 Å². The van der Waals surface area contributed by atoms with Crippen molar-refractivity contribution in [2.24, 2.45) is 0 Å². The molecule has 1 aromatic rings. The fraction of sp³-hybridized carbons (Fsp3) is 0.700. The molecule has 0 spiro atoms. The number of morpholine rings is 1. The predicted octanol–water partition coefficient (Wildman–Crippen LogP) is -0.761. The first-order valence-electron chi connectivity index (χ1n) is 5.96. The SMILES string of the molecule is CCc1ncc(S(=O)(=O)NCC2COCCN2)[nH]1. The molecule has 0 bridgehead atoms. The fourth-order valence-corrected chi connectivity index (χ4v) is 2.72. The molecule has 0 aliphatic carbocycles. The third-order valence-electron chi connectivity index (χ3n) is 2.75. The summed E-state index contributed by atoms with van der Waals surface area (Å²) in [4.78, 5) is 6.76. The van der Waals surface area contributed by atoms with E-state index in [1.807, 2.05) is 6.92 Å². The van der Waals surface area contributed by atoms with Gasteiger partial charge in [-0.25, -0.2) is 18.1 Å². The van der Waals surface area contributed by atoms with E-state index in [2.05, 4.69) is 20.0 Å². The summed E-state index contributed by atoms with van der Waals surface area (Å²) in [5.41, 5.74) is 0. The number of aromatic amines is 1. The number of nitrogens with one attached hydrogen (secondary N) is 3. The summed E-state index contributed by atoms with van der Waals surface area (Å²) in [6, 6.07) is 0.0158. The highest BCUT2D eigenvalue weighted by Crippen LogP contribution is 2.06. The minimum absolute atomic E-state index is 0.0158. The van der Waals surface area contributed by atoms with Crippen LogP contribution in [0, 0.1) is 0 Å². The summed E-state index contributed by atoms with van der Waals surface area (Å²) >= 11 is 0. The van der Waals surface area contributed by atoms with Crippen LogP contribution >= 0.6 is 0 Å². The Morgan fingerprint density at radius 1 is 1.61 bits per heavy atom. The summed E-state index contributed by atoms with van der Waals surface area (Å²) in [7, 11) is -3.51. The Bertz CT molecular complexity index is 479. The molecule has 2 heterocycles. The van der Waals surface area contributed by atoms with Gasteiger partial charge in [0.25, 0.3) is 10.0 Å². The molecule has 0 amide bonds. The van der Waals surface area contributed by atoms with Crippen molar-refractivity contribution in [3.8, 4) is 0 Å². The second-order valence-electron chi connectivity index (χ2n) is 4.13. The van der Waals surface area contributed by atoms with E-state index in [9.17, 15) is 8.42 Å². The molecule has 8 heteroatoms. The molecule has 1 saturated heterocycles. The zero-order chi connectivity index (χ0) is 13.0. The summed E-state index contributed by atoms with van der Waals surface area (Å²) in [5.74, 6) is 0.662. The minimum Gasteiger partial charge on any atom is -0.378 e. The molecule has 1 aliphatic rings. The number of aromatic nitrogens is 2. The molecule has 18 heavy (non-hydrogen) atoms. The molecule has 0 aromatic carbocycles. The van der Waals surface area contributed by atoms with Gasteiger partial charge in [0.15, 0.2) is 5.03 Å². The van der Waals surface area contributed by atoms with Crippen molar-refractivity contribution >= 4 is 10.0 Å². The summed E-state index contributed by atoms with van der Waals surface area (Å²) in [6.07, 6.45) is 2.01. The van der Waals surface area contributed by atoms with E-state index >= 15 is 0 Å². The van der Waals surface area contributed by atoms with Gasteiger partial charge in [-0.15, -0.1) is 0 Å². The molecular weight excluding hydrogens is 256 g/mol.